The van der Waals surface area contributed by atoms with E-state index in [0.717, 1.165) is 0 Å². The molecule has 4 heteroatoms. The molecule has 0 atom stereocenters. The molecule has 0 aliphatic carbocycles. The van der Waals surface area contributed by atoms with Gasteiger partial charge >= 0.3 is 11.9 Å². The Morgan fingerprint density at radius 3 is 1.84 bits per heavy atom. The van der Waals surface area contributed by atoms with E-state index in [2.05, 4.69) is 0 Å². The third kappa shape index (κ3) is 6.08. The third-order valence-corrected chi connectivity index (χ3v) is 3.02. The fourth-order valence-corrected chi connectivity index (χ4v) is 2.66. The number of carbonyl (C=O) groups is 2. The summed E-state index contributed by atoms with van der Waals surface area (Å²) in [5.74, 6) is -0.00206. The van der Waals surface area contributed by atoms with Crippen molar-refractivity contribution in [2.24, 2.45) is 17.3 Å². The Labute approximate surface area is 116 Å². The van der Waals surface area contributed by atoms with E-state index in [0.29, 0.717) is 31.3 Å². The number of ether oxygens (including phenoxy) is 2. The highest BCUT2D eigenvalue weighted by molar-refractivity contribution is 5.83. The Hall–Kier alpha value is -1.06. The second kappa shape index (κ2) is 8.18. The smallest absolute Gasteiger partial charge is 0.312 e. The summed E-state index contributed by atoms with van der Waals surface area (Å²) in [6.45, 7) is 10.3. The van der Waals surface area contributed by atoms with E-state index in [9.17, 15) is 9.59 Å². The first-order valence-corrected chi connectivity index (χ1v) is 7.01. The van der Waals surface area contributed by atoms with Gasteiger partial charge in [0.1, 0.15) is 0 Å². The van der Waals surface area contributed by atoms with E-state index in [1.54, 1.807) is 6.92 Å². The van der Waals surface area contributed by atoms with Gasteiger partial charge in [-0.25, -0.2) is 0 Å². The zero-order valence-electron chi connectivity index (χ0n) is 13.1. The summed E-state index contributed by atoms with van der Waals surface area (Å²) in [5.41, 5.74) is -0.758. The lowest BCUT2D eigenvalue weighted by Crippen LogP contribution is -2.38. The zero-order chi connectivity index (χ0) is 15.1. The van der Waals surface area contributed by atoms with Crippen LogP contribution in [0.3, 0.4) is 0 Å². The summed E-state index contributed by atoms with van der Waals surface area (Å²) in [6, 6.07) is 0. The van der Waals surface area contributed by atoms with Crippen molar-refractivity contribution in [2.75, 3.05) is 13.7 Å². The van der Waals surface area contributed by atoms with Gasteiger partial charge in [0.25, 0.3) is 0 Å². The zero-order valence-corrected chi connectivity index (χ0v) is 13.1. The summed E-state index contributed by atoms with van der Waals surface area (Å²) in [7, 11) is 1.35. The molecule has 0 unspecified atom stereocenters. The van der Waals surface area contributed by atoms with Crippen molar-refractivity contribution in [2.45, 2.75) is 53.9 Å². The van der Waals surface area contributed by atoms with Crippen molar-refractivity contribution in [3.05, 3.63) is 0 Å². The van der Waals surface area contributed by atoms with Crippen LogP contribution in [0.5, 0.6) is 0 Å². The maximum absolute atomic E-state index is 12.4. The number of esters is 2. The van der Waals surface area contributed by atoms with Gasteiger partial charge in [-0.2, -0.15) is 0 Å². The molecule has 0 saturated carbocycles. The van der Waals surface area contributed by atoms with Crippen molar-refractivity contribution >= 4 is 11.9 Å². The van der Waals surface area contributed by atoms with E-state index < -0.39 is 5.41 Å². The minimum Gasteiger partial charge on any atom is -0.469 e. The Balaban J connectivity index is 5.29. The van der Waals surface area contributed by atoms with Crippen LogP contribution in [-0.4, -0.2) is 25.7 Å². The molecule has 0 fully saturated rings. The largest absolute Gasteiger partial charge is 0.469 e. The molecule has 19 heavy (non-hydrogen) atoms. The highest BCUT2D eigenvalue weighted by Crippen LogP contribution is 2.39. The lowest BCUT2D eigenvalue weighted by Gasteiger charge is -2.33. The minimum absolute atomic E-state index is 0.0959. The first-order chi connectivity index (χ1) is 8.77. The van der Waals surface area contributed by atoms with Crippen LogP contribution in [0.1, 0.15) is 53.9 Å². The van der Waals surface area contributed by atoms with Crippen LogP contribution in [0.15, 0.2) is 0 Å². The van der Waals surface area contributed by atoms with Crippen LogP contribution >= 0.6 is 0 Å². The van der Waals surface area contributed by atoms with E-state index in [4.69, 9.17) is 9.47 Å². The number of hydrogen-bond acceptors (Lipinski definition) is 4. The predicted octanol–water partition coefficient (Wildman–Crippen LogP) is 3.19. The molecule has 0 heterocycles. The minimum atomic E-state index is -0.758. The van der Waals surface area contributed by atoms with Crippen LogP contribution in [0.25, 0.3) is 0 Å². The maximum Gasteiger partial charge on any atom is 0.312 e. The second-order valence-corrected chi connectivity index (χ2v) is 5.95. The van der Waals surface area contributed by atoms with Crippen molar-refractivity contribution in [3.63, 3.8) is 0 Å². The van der Waals surface area contributed by atoms with Gasteiger partial charge in [0, 0.05) is 0 Å². The second-order valence-electron chi connectivity index (χ2n) is 5.95. The van der Waals surface area contributed by atoms with E-state index >= 15 is 0 Å². The van der Waals surface area contributed by atoms with Crippen LogP contribution in [0, 0.1) is 17.3 Å². The highest BCUT2D eigenvalue weighted by atomic mass is 16.5. The number of carbonyl (C=O) groups excluding carboxylic acids is 2. The summed E-state index contributed by atoms with van der Waals surface area (Å²) in [6.07, 6.45) is 1.37. The molecule has 0 rings (SSSR count). The third-order valence-electron chi connectivity index (χ3n) is 3.02. The van der Waals surface area contributed by atoms with Gasteiger partial charge in [-0.1, -0.05) is 27.7 Å². The molecule has 0 radical (unpaired) electrons. The van der Waals surface area contributed by atoms with Gasteiger partial charge in [-0.3, -0.25) is 9.59 Å². The van der Waals surface area contributed by atoms with E-state index in [1.807, 2.05) is 27.7 Å². The molecule has 0 spiro atoms. The van der Waals surface area contributed by atoms with Crippen LogP contribution in [-0.2, 0) is 19.1 Å². The van der Waals surface area contributed by atoms with Crippen molar-refractivity contribution in [3.8, 4) is 0 Å². The van der Waals surface area contributed by atoms with Crippen molar-refractivity contribution in [1.82, 2.24) is 0 Å². The van der Waals surface area contributed by atoms with Gasteiger partial charge < -0.3 is 9.47 Å². The topological polar surface area (TPSA) is 52.6 Å². The molecule has 0 saturated heterocycles. The average Bonchev–Trinajstić information content (AvgIpc) is 2.27. The molecule has 4 nitrogen and oxygen atoms in total. The normalized spacial score (nSPS) is 11.8. The van der Waals surface area contributed by atoms with Gasteiger partial charge in [-0.15, -0.1) is 0 Å². The fourth-order valence-electron chi connectivity index (χ4n) is 2.66. The maximum atomic E-state index is 12.4. The number of rotatable bonds is 8. The van der Waals surface area contributed by atoms with Gasteiger partial charge in [0.05, 0.1) is 25.6 Å². The summed E-state index contributed by atoms with van der Waals surface area (Å²) in [5, 5.41) is 0. The van der Waals surface area contributed by atoms with Crippen LogP contribution in [0.4, 0.5) is 0 Å². The number of methoxy groups -OCH3 is 1. The standard InChI is InChI=1S/C15H28O4/c1-7-19-14(17)15(8-11(2)3,9-12(4)5)10-13(16)18-6/h11-12H,7-10H2,1-6H3. The van der Waals surface area contributed by atoms with Crippen molar-refractivity contribution in [1.29, 1.82) is 0 Å². The molecule has 0 bridgehead atoms. The molecule has 0 aromatic rings. The summed E-state index contributed by atoms with van der Waals surface area (Å²) < 4.78 is 9.96. The van der Waals surface area contributed by atoms with Gasteiger partial charge in [-0.05, 0) is 31.6 Å². The molecule has 0 amide bonds. The van der Waals surface area contributed by atoms with Crippen LogP contribution in [0.2, 0.25) is 0 Å². The lowest BCUT2D eigenvalue weighted by atomic mass is 9.72. The Morgan fingerprint density at radius 2 is 1.53 bits per heavy atom. The van der Waals surface area contributed by atoms with Crippen LogP contribution < -0.4 is 0 Å². The Bertz CT molecular complexity index is 285. The lowest BCUT2D eigenvalue weighted by molar-refractivity contribution is -0.164. The summed E-state index contributed by atoms with van der Waals surface area (Å²) >= 11 is 0. The SMILES string of the molecule is CCOC(=O)C(CC(=O)OC)(CC(C)C)CC(C)C. The molecule has 0 aliphatic heterocycles. The molecule has 112 valence electrons. The average molecular weight is 272 g/mol. The molecule has 0 aromatic heterocycles. The van der Waals surface area contributed by atoms with E-state index in [-0.39, 0.29) is 18.4 Å². The van der Waals surface area contributed by atoms with E-state index in [1.165, 1.54) is 7.11 Å². The highest BCUT2D eigenvalue weighted by Gasteiger charge is 2.43. The summed E-state index contributed by atoms with van der Waals surface area (Å²) in [4.78, 5) is 24.0. The number of hydrogen-bond donors (Lipinski definition) is 0. The Kier molecular flexibility index (Phi) is 7.72. The quantitative estimate of drug-likeness (QED) is 0.637. The molecular formula is C15H28O4. The molecule has 0 aliphatic rings. The molecule has 0 aromatic carbocycles. The molecular weight excluding hydrogens is 244 g/mol. The van der Waals surface area contributed by atoms with Gasteiger partial charge in [0.2, 0.25) is 0 Å². The first kappa shape index (κ1) is 17.9. The molecule has 0 N–H and O–H groups in total. The van der Waals surface area contributed by atoms with Gasteiger partial charge in [0.15, 0.2) is 0 Å². The first-order valence-electron chi connectivity index (χ1n) is 7.01. The predicted molar refractivity (Wildman–Crippen MR) is 74.6 cm³/mol. The monoisotopic (exact) mass is 272 g/mol. The fraction of sp³-hybridized carbons (Fsp3) is 0.867. The Morgan fingerprint density at radius 1 is 1.05 bits per heavy atom. The van der Waals surface area contributed by atoms with Crippen molar-refractivity contribution < 1.29 is 19.1 Å².